The lowest BCUT2D eigenvalue weighted by Gasteiger charge is -2.14. The average molecular weight is 504 g/mol. The quantitative estimate of drug-likeness (QED) is 0.267. The average Bonchev–Trinajstić information content (AvgIpc) is 3.41. The SMILES string of the molecule is COc1cc(C(=O)c2cn(-c3cc(OC)c(OC)c(OC)c3)cc2-c2ccccc2)cc(OC)c1OC. The van der Waals surface area contributed by atoms with E-state index in [0.29, 0.717) is 45.6 Å². The van der Waals surface area contributed by atoms with Crippen molar-refractivity contribution >= 4 is 5.78 Å². The van der Waals surface area contributed by atoms with Crippen LogP contribution >= 0.6 is 0 Å². The van der Waals surface area contributed by atoms with Gasteiger partial charge in [0.2, 0.25) is 11.5 Å². The number of carbonyl (C=O) groups excluding carboxylic acids is 1. The lowest BCUT2D eigenvalue weighted by molar-refractivity contribution is 0.103. The van der Waals surface area contributed by atoms with Crippen LogP contribution in [0.15, 0.2) is 67.0 Å². The van der Waals surface area contributed by atoms with Gasteiger partial charge < -0.3 is 33.0 Å². The fourth-order valence-electron chi connectivity index (χ4n) is 4.22. The summed E-state index contributed by atoms with van der Waals surface area (Å²) in [4.78, 5) is 13.9. The number of aromatic nitrogens is 1. The highest BCUT2D eigenvalue weighted by atomic mass is 16.5. The molecule has 3 aromatic carbocycles. The highest BCUT2D eigenvalue weighted by Crippen LogP contribution is 2.41. The van der Waals surface area contributed by atoms with Gasteiger partial charge in [0.15, 0.2) is 28.8 Å². The second kappa shape index (κ2) is 11.0. The van der Waals surface area contributed by atoms with Gasteiger partial charge in [-0.25, -0.2) is 0 Å². The minimum atomic E-state index is -0.204. The predicted molar refractivity (Wildman–Crippen MR) is 140 cm³/mol. The molecule has 1 heterocycles. The Morgan fingerprint density at radius 3 is 1.57 bits per heavy atom. The Kier molecular flexibility index (Phi) is 7.57. The van der Waals surface area contributed by atoms with E-state index >= 15 is 0 Å². The number of carbonyl (C=O) groups is 1. The number of ether oxygens (including phenoxy) is 6. The molecule has 0 unspecified atom stereocenters. The van der Waals surface area contributed by atoms with Crippen LogP contribution < -0.4 is 28.4 Å². The van der Waals surface area contributed by atoms with Crippen molar-refractivity contribution in [2.75, 3.05) is 42.7 Å². The number of rotatable bonds is 10. The summed E-state index contributed by atoms with van der Waals surface area (Å²) < 4.78 is 34.7. The summed E-state index contributed by atoms with van der Waals surface area (Å²) in [6, 6.07) is 16.7. The maximum atomic E-state index is 13.9. The largest absolute Gasteiger partial charge is 0.493 e. The summed E-state index contributed by atoms with van der Waals surface area (Å²) in [5.41, 5.74) is 3.27. The molecule has 0 spiro atoms. The highest BCUT2D eigenvalue weighted by molar-refractivity contribution is 6.13. The van der Waals surface area contributed by atoms with Crippen LogP contribution in [0, 0.1) is 0 Å². The third-order valence-corrected chi connectivity index (χ3v) is 6.03. The van der Waals surface area contributed by atoms with E-state index < -0.39 is 0 Å². The van der Waals surface area contributed by atoms with Crippen LogP contribution in [0.3, 0.4) is 0 Å². The van der Waals surface area contributed by atoms with Crippen LogP contribution in [0.25, 0.3) is 16.8 Å². The zero-order valence-corrected chi connectivity index (χ0v) is 21.7. The zero-order chi connectivity index (χ0) is 26.5. The first kappa shape index (κ1) is 25.5. The monoisotopic (exact) mass is 503 g/mol. The summed E-state index contributed by atoms with van der Waals surface area (Å²) in [6.45, 7) is 0. The second-order valence-electron chi connectivity index (χ2n) is 7.99. The molecule has 0 aliphatic carbocycles. The van der Waals surface area contributed by atoms with Crippen LogP contribution in [0.5, 0.6) is 34.5 Å². The van der Waals surface area contributed by atoms with Crippen molar-refractivity contribution in [2.45, 2.75) is 0 Å². The van der Waals surface area contributed by atoms with E-state index in [0.717, 1.165) is 16.8 Å². The molecule has 0 atom stereocenters. The van der Waals surface area contributed by atoms with E-state index in [4.69, 9.17) is 28.4 Å². The molecule has 0 radical (unpaired) electrons. The summed E-state index contributed by atoms with van der Waals surface area (Å²) in [5.74, 6) is 2.50. The van der Waals surface area contributed by atoms with Crippen LogP contribution in [-0.4, -0.2) is 53.0 Å². The van der Waals surface area contributed by atoms with Gasteiger partial charge in [0, 0.05) is 41.2 Å². The van der Waals surface area contributed by atoms with Crippen molar-refractivity contribution in [3.05, 3.63) is 78.1 Å². The van der Waals surface area contributed by atoms with E-state index in [-0.39, 0.29) is 5.78 Å². The molecule has 4 rings (SSSR count). The van der Waals surface area contributed by atoms with Gasteiger partial charge in [0.05, 0.1) is 48.3 Å². The smallest absolute Gasteiger partial charge is 0.203 e. The van der Waals surface area contributed by atoms with Gasteiger partial charge in [0.25, 0.3) is 0 Å². The molecule has 0 saturated carbocycles. The molecular weight excluding hydrogens is 474 g/mol. The maximum absolute atomic E-state index is 13.9. The van der Waals surface area contributed by atoms with Crippen molar-refractivity contribution in [3.8, 4) is 51.3 Å². The molecule has 192 valence electrons. The third-order valence-electron chi connectivity index (χ3n) is 6.03. The van der Waals surface area contributed by atoms with E-state index in [9.17, 15) is 4.79 Å². The molecule has 8 heteroatoms. The van der Waals surface area contributed by atoms with Crippen molar-refractivity contribution in [1.29, 1.82) is 0 Å². The number of ketones is 1. The summed E-state index contributed by atoms with van der Waals surface area (Å²) in [7, 11) is 9.23. The maximum Gasteiger partial charge on any atom is 0.203 e. The molecule has 1 aromatic heterocycles. The van der Waals surface area contributed by atoms with Crippen molar-refractivity contribution in [3.63, 3.8) is 0 Å². The van der Waals surface area contributed by atoms with Gasteiger partial charge in [0.1, 0.15) is 0 Å². The molecular formula is C29H29NO7. The van der Waals surface area contributed by atoms with Gasteiger partial charge in [-0.15, -0.1) is 0 Å². The Morgan fingerprint density at radius 1 is 0.622 bits per heavy atom. The molecule has 0 fully saturated rings. The molecule has 37 heavy (non-hydrogen) atoms. The standard InChI is InChI=1S/C29H29NO7/c1-32-23-12-19(13-24(33-2)28(23)36-5)27(31)22-17-30(16-21(22)18-10-8-7-9-11-18)20-14-25(34-3)29(37-6)26(15-20)35-4/h7-17H,1-6H3. The molecule has 0 amide bonds. The van der Waals surface area contributed by atoms with Crippen LogP contribution in [0.2, 0.25) is 0 Å². The normalized spacial score (nSPS) is 10.5. The predicted octanol–water partition coefficient (Wildman–Crippen LogP) is 5.43. The van der Waals surface area contributed by atoms with Crippen molar-refractivity contribution in [2.24, 2.45) is 0 Å². The summed E-state index contributed by atoms with van der Waals surface area (Å²) in [6.07, 6.45) is 3.69. The van der Waals surface area contributed by atoms with Gasteiger partial charge in [-0.3, -0.25) is 4.79 Å². The van der Waals surface area contributed by atoms with Crippen LogP contribution in [-0.2, 0) is 0 Å². The molecule has 0 bridgehead atoms. The van der Waals surface area contributed by atoms with E-state index in [1.807, 2.05) is 53.2 Å². The first-order valence-corrected chi connectivity index (χ1v) is 11.4. The first-order chi connectivity index (χ1) is 18.0. The Labute approximate surface area is 215 Å². The van der Waals surface area contributed by atoms with Gasteiger partial charge in [-0.1, -0.05) is 30.3 Å². The zero-order valence-electron chi connectivity index (χ0n) is 21.7. The number of hydrogen-bond donors (Lipinski definition) is 0. The number of methoxy groups -OCH3 is 6. The lowest BCUT2D eigenvalue weighted by atomic mass is 9.97. The van der Waals surface area contributed by atoms with E-state index in [1.165, 1.54) is 21.3 Å². The number of nitrogens with zero attached hydrogens (tertiary/aromatic N) is 1. The molecule has 8 nitrogen and oxygen atoms in total. The molecule has 4 aromatic rings. The Bertz CT molecular complexity index is 1360. The fraction of sp³-hybridized carbons (Fsp3) is 0.207. The second-order valence-corrected chi connectivity index (χ2v) is 7.99. The van der Waals surface area contributed by atoms with Crippen molar-refractivity contribution in [1.82, 2.24) is 4.57 Å². The number of benzene rings is 3. The van der Waals surface area contributed by atoms with Gasteiger partial charge in [-0.05, 0) is 17.7 Å². The summed E-state index contributed by atoms with van der Waals surface area (Å²) in [5, 5.41) is 0. The lowest BCUT2D eigenvalue weighted by Crippen LogP contribution is -2.05. The number of hydrogen-bond acceptors (Lipinski definition) is 7. The van der Waals surface area contributed by atoms with Gasteiger partial charge in [-0.2, -0.15) is 0 Å². The first-order valence-electron chi connectivity index (χ1n) is 11.4. The van der Waals surface area contributed by atoms with E-state index in [1.54, 1.807) is 39.7 Å². The molecule has 0 aliphatic rings. The van der Waals surface area contributed by atoms with E-state index in [2.05, 4.69) is 0 Å². The topological polar surface area (TPSA) is 77.4 Å². The minimum Gasteiger partial charge on any atom is -0.493 e. The summed E-state index contributed by atoms with van der Waals surface area (Å²) >= 11 is 0. The molecule has 0 aliphatic heterocycles. The Hall–Kier alpha value is -4.59. The Balaban J connectivity index is 1.91. The third kappa shape index (κ3) is 4.78. The fourth-order valence-corrected chi connectivity index (χ4v) is 4.22. The van der Waals surface area contributed by atoms with Crippen LogP contribution in [0.4, 0.5) is 0 Å². The van der Waals surface area contributed by atoms with Crippen molar-refractivity contribution < 1.29 is 33.2 Å². The minimum absolute atomic E-state index is 0.204. The van der Waals surface area contributed by atoms with Crippen LogP contribution in [0.1, 0.15) is 15.9 Å². The van der Waals surface area contributed by atoms with Gasteiger partial charge >= 0.3 is 0 Å². The highest BCUT2D eigenvalue weighted by Gasteiger charge is 2.23. The molecule has 0 N–H and O–H groups in total. The molecule has 0 saturated heterocycles. The Morgan fingerprint density at radius 2 is 1.11 bits per heavy atom.